The quantitative estimate of drug-likeness (QED) is 0.250. The zero-order valence-electron chi connectivity index (χ0n) is 34.4. The maximum Gasteiger partial charge on any atom is 0.0319 e. The maximum absolute atomic E-state index is 7.00. The van der Waals surface area contributed by atoms with E-state index < -0.39 is 0 Å². The third-order valence-corrected chi connectivity index (χ3v) is 10.6. The van der Waals surface area contributed by atoms with Crippen molar-refractivity contribution < 1.29 is 5.11 Å². The molecule has 0 aromatic rings. The molecule has 0 amide bonds. The molecule has 0 unspecified atom stereocenters. The molecule has 0 spiro atoms. The van der Waals surface area contributed by atoms with E-state index in [2.05, 4.69) is 48.6 Å². The first-order chi connectivity index (χ1) is 25.0. The van der Waals surface area contributed by atoms with Crippen LogP contribution in [-0.4, -0.2) is 12.2 Å². The van der Waals surface area contributed by atoms with E-state index in [1.165, 1.54) is 257 Å². The van der Waals surface area contributed by atoms with Crippen molar-refractivity contribution in [3.8, 4) is 0 Å². The highest BCUT2D eigenvalue weighted by Gasteiger charge is 1.96. The Morgan fingerprint density at radius 3 is 0.340 bits per heavy atom. The lowest BCUT2D eigenvalue weighted by atomic mass is 10.0. The average molecular weight is 697 g/mol. The van der Waals surface area contributed by atoms with Gasteiger partial charge in [0.15, 0.2) is 0 Å². The van der Waals surface area contributed by atoms with Crippen molar-refractivity contribution in [2.24, 2.45) is 0 Å². The predicted molar refractivity (Wildman–Crippen MR) is 229 cm³/mol. The summed E-state index contributed by atoms with van der Waals surface area (Å²) >= 11 is 0. The van der Waals surface area contributed by atoms with E-state index in [4.69, 9.17) is 5.11 Å². The Bertz CT molecular complexity index is 524. The lowest BCUT2D eigenvalue weighted by Crippen LogP contribution is -1.82. The molecule has 1 N–H and O–H groups in total. The minimum absolute atomic E-state index is 1.00. The standard InChI is InChI=1S/4C12H22.CH4O/c4*1-2-4-6-8-10-12-11-9-7-5-3-1;1-2/h4*1-2H,3-12H2;2H,1H3/b4*2-1-;. The minimum Gasteiger partial charge on any atom is -0.400 e. The van der Waals surface area contributed by atoms with Gasteiger partial charge in [-0.1, -0.05) is 203 Å². The van der Waals surface area contributed by atoms with Crippen LogP contribution in [0.3, 0.4) is 0 Å². The van der Waals surface area contributed by atoms with Gasteiger partial charge in [-0.25, -0.2) is 0 Å². The SMILES string of the molecule is C1=C\CCCCCCCCCC/1.C1=C\CCCCCCCCCC/1.C1=C\CCCCCCCCCC/1.C1=C\CCCCCCCCCC/1.CO. The monoisotopic (exact) mass is 697 g/mol. The fourth-order valence-corrected chi connectivity index (χ4v) is 7.28. The van der Waals surface area contributed by atoms with Gasteiger partial charge < -0.3 is 5.11 Å². The molecule has 0 atom stereocenters. The Hall–Kier alpha value is -1.08. The lowest BCUT2D eigenvalue weighted by Gasteiger charge is -2.02. The molecule has 0 fully saturated rings. The summed E-state index contributed by atoms with van der Waals surface area (Å²) in [5, 5.41) is 7.00. The van der Waals surface area contributed by atoms with Gasteiger partial charge in [-0.05, 0) is 103 Å². The van der Waals surface area contributed by atoms with Crippen LogP contribution >= 0.6 is 0 Å². The molecule has 0 bridgehead atoms. The molecule has 0 saturated carbocycles. The van der Waals surface area contributed by atoms with Gasteiger partial charge in [0.2, 0.25) is 0 Å². The number of hydrogen-bond acceptors (Lipinski definition) is 1. The first-order valence-corrected chi connectivity index (χ1v) is 23.0. The number of allylic oxidation sites excluding steroid dienone is 8. The third kappa shape index (κ3) is 44.9. The van der Waals surface area contributed by atoms with Gasteiger partial charge in [0.1, 0.15) is 0 Å². The molecule has 0 aromatic carbocycles. The molecule has 0 radical (unpaired) electrons. The molecule has 4 aliphatic carbocycles. The summed E-state index contributed by atoms with van der Waals surface area (Å²) in [6.07, 6.45) is 76.0. The normalized spacial score (nSPS) is 24.4. The molecular weight excluding hydrogens is 605 g/mol. The number of hydrogen-bond donors (Lipinski definition) is 1. The molecule has 50 heavy (non-hydrogen) atoms. The molecule has 0 aliphatic heterocycles. The summed E-state index contributed by atoms with van der Waals surface area (Å²) in [6.45, 7) is 0. The van der Waals surface area contributed by atoms with Crippen molar-refractivity contribution >= 4 is 0 Å². The smallest absolute Gasteiger partial charge is 0.0319 e. The van der Waals surface area contributed by atoms with Crippen molar-refractivity contribution in [2.45, 2.75) is 257 Å². The van der Waals surface area contributed by atoms with Crippen molar-refractivity contribution in [2.75, 3.05) is 7.11 Å². The molecule has 294 valence electrons. The molecule has 4 aliphatic rings. The highest BCUT2D eigenvalue weighted by Crippen LogP contribution is 2.16. The molecular formula is C49H92O. The van der Waals surface area contributed by atoms with E-state index in [9.17, 15) is 0 Å². The predicted octanol–water partition coefficient (Wildman–Crippen LogP) is 17.4. The van der Waals surface area contributed by atoms with Gasteiger partial charge in [0.25, 0.3) is 0 Å². The topological polar surface area (TPSA) is 20.2 Å². The van der Waals surface area contributed by atoms with Crippen molar-refractivity contribution in [1.82, 2.24) is 0 Å². The Morgan fingerprint density at radius 2 is 0.240 bits per heavy atom. The van der Waals surface area contributed by atoms with Gasteiger partial charge in [-0.2, -0.15) is 0 Å². The van der Waals surface area contributed by atoms with Crippen LogP contribution in [0, 0.1) is 0 Å². The maximum atomic E-state index is 7.00. The van der Waals surface area contributed by atoms with Crippen LogP contribution < -0.4 is 0 Å². The fourth-order valence-electron chi connectivity index (χ4n) is 7.28. The van der Waals surface area contributed by atoms with Gasteiger partial charge in [-0.3, -0.25) is 0 Å². The Labute approximate surface area is 316 Å². The number of aliphatic hydroxyl groups is 1. The third-order valence-electron chi connectivity index (χ3n) is 10.6. The average Bonchev–Trinajstić information content (AvgIpc) is 3.11. The van der Waals surface area contributed by atoms with Crippen molar-refractivity contribution in [1.29, 1.82) is 0 Å². The van der Waals surface area contributed by atoms with Crippen LogP contribution in [0.5, 0.6) is 0 Å². The summed E-state index contributed by atoms with van der Waals surface area (Å²) in [5.41, 5.74) is 0. The highest BCUT2D eigenvalue weighted by molar-refractivity contribution is 4.83. The van der Waals surface area contributed by atoms with Crippen LogP contribution in [0.15, 0.2) is 48.6 Å². The second-order valence-corrected chi connectivity index (χ2v) is 15.5. The largest absolute Gasteiger partial charge is 0.400 e. The van der Waals surface area contributed by atoms with Gasteiger partial charge >= 0.3 is 0 Å². The Morgan fingerprint density at radius 1 is 0.160 bits per heavy atom. The first-order valence-electron chi connectivity index (χ1n) is 23.0. The molecule has 0 saturated heterocycles. The van der Waals surface area contributed by atoms with Gasteiger partial charge in [0.05, 0.1) is 0 Å². The van der Waals surface area contributed by atoms with E-state index >= 15 is 0 Å². The van der Waals surface area contributed by atoms with Crippen LogP contribution in [0.4, 0.5) is 0 Å². The summed E-state index contributed by atoms with van der Waals surface area (Å²) in [5.74, 6) is 0. The molecule has 1 nitrogen and oxygen atoms in total. The molecule has 0 aromatic heterocycles. The van der Waals surface area contributed by atoms with Gasteiger partial charge in [0, 0.05) is 7.11 Å². The van der Waals surface area contributed by atoms with Gasteiger partial charge in [-0.15, -0.1) is 0 Å². The summed E-state index contributed by atoms with van der Waals surface area (Å²) in [4.78, 5) is 0. The van der Waals surface area contributed by atoms with Crippen LogP contribution in [0.25, 0.3) is 0 Å². The molecule has 0 heterocycles. The summed E-state index contributed by atoms with van der Waals surface area (Å²) < 4.78 is 0. The van der Waals surface area contributed by atoms with Crippen molar-refractivity contribution in [3.05, 3.63) is 48.6 Å². The van der Waals surface area contributed by atoms with E-state index in [-0.39, 0.29) is 0 Å². The molecule has 4 rings (SSSR count). The minimum atomic E-state index is 1.00. The van der Waals surface area contributed by atoms with E-state index in [0.29, 0.717) is 0 Å². The van der Waals surface area contributed by atoms with E-state index in [1.54, 1.807) is 0 Å². The summed E-state index contributed by atoms with van der Waals surface area (Å²) in [7, 11) is 1.00. The zero-order chi connectivity index (χ0) is 35.9. The first kappa shape index (κ1) is 48.9. The van der Waals surface area contributed by atoms with Crippen LogP contribution in [0.2, 0.25) is 0 Å². The lowest BCUT2D eigenvalue weighted by molar-refractivity contribution is 0.399. The molecule has 1 heteroatoms. The number of aliphatic hydroxyl groups excluding tert-OH is 1. The van der Waals surface area contributed by atoms with Crippen LogP contribution in [0.1, 0.15) is 257 Å². The summed E-state index contributed by atoms with van der Waals surface area (Å²) in [6, 6.07) is 0. The van der Waals surface area contributed by atoms with Crippen molar-refractivity contribution in [3.63, 3.8) is 0 Å². The second kappa shape index (κ2) is 47.9. The Kier molecular flexibility index (Phi) is 46.9. The van der Waals surface area contributed by atoms with E-state index in [0.717, 1.165) is 7.11 Å². The zero-order valence-corrected chi connectivity index (χ0v) is 34.4. The van der Waals surface area contributed by atoms with E-state index in [1.807, 2.05) is 0 Å². The highest BCUT2D eigenvalue weighted by atomic mass is 16.2. The number of rotatable bonds is 0. The second-order valence-electron chi connectivity index (χ2n) is 15.5. The Balaban J connectivity index is 0.000000629. The van der Waals surface area contributed by atoms with Crippen LogP contribution in [-0.2, 0) is 0 Å². The fraction of sp³-hybridized carbons (Fsp3) is 0.837.